The quantitative estimate of drug-likeness (QED) is 0.814. The maximum atomic E-state index is 6.80. The van der Waals surface area contributed by atoms with Gasteiger partial charge in [-0.05, 0) is 49.9 Å². The largest absolute Gasteiger partial charge is 0.366 e. The number of nitrogens with one attached hydrogen (secondary N) is 1. The van der Waals surface area contributed by atoms with Crippen LogP contribution < -0.4 is 5.32 Å². The van der Waals surface area contributed by atoms with Crippen molar-refractivity contribution in [2.45, 2.75) is 89.8 Å². The molecule has 0 aromatic heterocycles. The highest BCUT2D eigenvalue weighted by Crippen LogP contribution is 2.48. The van der Waals surface area contributed by atoms with Crippen LogP contribution in [0.4, 0.5) is 0 Å². The predicted octanol–water partition coefficient (Wildman–Crippen LogP) is 4.28. The Bertz CT molecular complexity index is 335. The molecule has 3 fully saturated rings. The van der Waals surface area contributed by atoms with Crippen LogP contribution in [0.15, 0.2) is 0 Å². The minimum Gasteiger partial charge on any atom is -0.366 e. The fourth-order valence-electron chi connectivity index (χ4n) is 4.84. The first-order valence-corrected chi connectivity index (χ1v) is 8.90. The maximum absolute atomic E-state index is 6.80. The van der Waals surface area contributed by atoms with Crippen molar-refractivity contribution in [3.05, 3.63) is 0 Å². The van der Waals surface area contributed by atoms with E-state index in [-0.39, 0.29) is 11.2 Å². The van der Waals surface area contributed by atoms with Gasteiger partial charge in [-0.25, -0.2) is 0 Å². The lowest BCUT2D eigenvalue weighted by atomic mass is 9.66. The SMILES string of the molecule is CCC(C)(C)C1CCC2(CC1)CNCC1(CCCC1)O2. The Morgan fingerprint density at radius 1 is 1.00 bits per heavy atom. The van der Waals surface area contributed by atoms with E-state index in [1.54, 1.807) is 0 Å². The lowest BCUT2D eigenvalue weighted by Crippen LogP contribution is -2.60. The third-order valence-corrected chi connectivity index (χ3v) is 6.76. The molecular weight excluding hydrogens is 246 g/mol. The molecule has 2 saturated carbocycles. The van der Waals surface area contributed by atoms with E-state index < -0.39 is 0 Å². The highest BCUT2D eigenvalue weighted by atomic mass is 16.5. The molecule has 1 aliphatic heterocycles. The Morgan fingerprint density at radius 2 is 1.55 bits per heavy atom. The summed E-state index contributed by atoms with van der Waals surface area (Å²) in [7, 11) is 0. The summed E-state index contributed by atoms with van der Waals surface area (Å²) >= 11 is 0. The van der Waals surface area contributed by atoms with E-state index >= 15 is 0 Å². The second-order valence-corrected chi connectivity index (χ2v) is 8.40. The first-order chi connectivity index (χ1) is 9.49. The standard InChI is InChI=1S/C18H33NO/c1-4-16(2,3)15-7-11-18(12-8-15)14-19-13-17(20-18)9-5-6-10-17/h15,19H,4-14H2,1-3H3. The van der Waals surface area contributed by atoms with E-state index in [1.807, 2.05) is 0 Å². The first kappa shape index (κ1) is 14.8. The average Bonchev–Trinajstić information content (AvgIpc) is 2.87. The second-order valence-electron chi connectivity index (χ2n) is 8.40. The predicted molar refractivity (Wildman–Crippen MR) is 83.9 cm³/mol. The van der Waals surface area contributed by atoms with Gasteiger partial charge in [0.1, 0.15) is 0 Å². The summed E-state index contributed by atoms with van der Waals surface area (Å²) in [5, 5.41) is 3.72. The summed E-state index contributed by atoms with van der Waals surface area (Å²) < 4.78 is 6.80. The van der Waals surface area contributed by atoms with Gasteiger partial charge in [0.15, 0.2) is 0 Å². The number of ether oxygens (including phenoxy) is 1. The summed E-state index contributed by atoms with van der Waals surface area (Å²) in [6, 6.07) is 0. The Hall–Kier alpha value is -0.0800. The fourth-order valence-corrected chi connectivity index (χ4v) is 4.84. The topological polar surface area (TPSA) is 21.3 Å². The van der Waals surface area contributed by atoms with Crippen molar-refractivity contribution in [3.63, 3.8) is 0 Å². The van der Waals surface area contributed by atoms with Crippen molar-refractivity contribution in [2.24, 2.45) is 11.3 Å². The van der Waals surface area contributed by atoms with Crippen molar-refractivity contribution in [1.29, 1.82) is 0 Å². The molecule has 2 spiro atoms. The molecule has 3 rings (SSSR count). The van der Waals surface area contributed by atoms with E-state index in [4.69, 9.17) is 4.74 Å². The molecule has 20 heavy (non-hydrogen) atoms. The number of hydrogen-bond donors (Lipinski definition) is 1. The number of morpholine rings is 1. The van der Waals surface area contributed by atoms with Gasteiger partial charge in [0.05, 0.1) is 11.2 Å². The second kappa shape index (κ2) is 5.28. The third-order valence-electron chi connectivity index (χ3n) is 6.76. The van der Waals surface area contributed by atoms with Crippen LogP contribution in [-0.4, -0.2) is 24.3 Å². The zero-order chi connectivity index (χ0) is 14.3. The highest BCUT2D eigenvalue weighted by molar-refractivity contribution is 5.01. The summed E-state index contributed by atoms with van der Waals surface area (Å²) in [5.41, 5.74) is 0.878. The Balaban J connectivity index is 1.64. The number of rotatable bonds is 2. The molecule has 0 amide bonds. The van der Waals surface area contributed by atoms with Crippen LogP contribution in [0.25, 0.3) is 0 Å². The molecular formula is C18H33NO. The van der Waals surface area contributed by atoms with Gasteiger partial charge in [0, 0.05) is 13.1 Å². The minimum atomic E-state index is 0.170. The van der Waals surface area contributed by atoms with Gasteiger partial charge < -0.3 is 10.1 Å². The molecule has 0 bridgehead atoms. The zero-order valence-electron chi connectivity index (χ0n) is 13.8. The van der Waals surface area contributed by atoms with Crippen LogP contribution in [0, 0.1) is 11.3 Å². The maximum Gasteiger partial charge on any atom is 0.0814 e. The monoisotopic (exact) mass is 279 g/mol. The van der Waals surface area contributed by atoms with Crippen LogP contribution in [0.5, 0.6) is 0 Å². The van der Waals surface area contributed by atoms with Gasteiger partial charge in [-0.3, -0.25) is 0 Å². The Morgan fingerprint density at radius 3 is 2.10 bits per heavy atom. The normalized spacial score (nSPS) is 37.6. The molecule has 3 aliphatic rings. The molecule has 1 N–H and O–H groups in total. The van der Waals surface area contributed by atoms with Crippen molar-refractivity contribution in [2.75, 3.05) is 13.1 Å². The van der Waals surface area contributed by atoms with Crippen molar-refractivity contribution in [3.8, 4) is 0 Å². The van der Waals surface area contributed by atoms with E-state index in [2.05, 4.69) is 26.1 Å². The Labute approximate surface area is 125 Å². The van der Waals surface area contributed by atoms with Crippen molar-refractivity contribution < 1.29 is 4.74 Å². The molecule has 116 valence electrons. The van der Waals surface area contributed by atoms with E-state index in [1.165, 1.54) is 57.8 Å². The fraction of sp³-hybridized carbons (Fsp3) is 1.00. The number of hydrogen-bond acceptors (Lipinski definition) is 2. The highest BCUT2D eigenvalue weighted by Gasteiger charge is 2.49. The summed E-state index contributed by atoms with van der Waals surface area (Å²) in [6.45, 7) is 9.44. The summed E-state index contributed by atoms with van der Waals surface area (Å²) in [5.74, 6) is 0.892. The van der Waals surface area contributed by atoms with E-state index in [9.17, 15) is 0 Å². The molecule has 1 heterocycles. The van der Waals surface area contributed by atoms with Crippen LogP contribution in [0.1, 0.15) is 78.6 Å². The summed E-state index contributed by atoms with van der Waals surface area (Å²) in [4.78, 5) is 0. The van der Waals surface area contributed by atoms with Gasteiger partial charge >= 0.3 is 0 Å². The minimum absolute atomic E-state index is 0.170. The lowest BCUT2D eigenvalue weighted by molar-refractivity contribution is -0.194. The summed E-state index contributed by atoms with van der Waals surface area (Å²) in [6.07, 6.45) is 11.9. The molecule has 2 aliphatic carbocycles. The third kappa shape index (κ3) is 2.66. The molecule has 2 nitrogen and oxygen atoms in total. The van der Waals surface area contributed by atoms with Crippen LogP contribution in [0.2, 0.25) is 0 Å². The van der Waals surface area contributed by atoms with Gasteiger partial charge in [0.2, 0.25) is 0 Å². The molecule has 0 atom stereocenters. The molecule has 0 aromatic rings. The Kier molecular flexibility index (Phi) is 3.92. The first-order valence-electron chi connectivity index (χ1n) is 8.90. The zero-order valence-corrected chi connectivity index (χ0v) is 13.8. The molecule has 0 radical (unpaired) electrons. The van der Waals surface area contributed by atoms with Gasteiger partial charge in [-0.1, -0.05) is 40.0 Å². The van der Waals surface area contributed by atoms with E-state index in [0.717, 1.165) is 19.0 Å². The van der Waals surface area contributed by atoms with Gasteiger partial charge in [0.25, 0.3) is 0 Å². The van der Waals surface area contributed by atoms with Crippen LogP contribution in [-0.2, 0) is 4.74 Å². The molecule has 0 unspecified atom stereocenters. The van der Waals surface area contributed by atoms with Gasteiger partial charge in [-0.2, -0.15) is 0 Å². The van der Waals surface area contributed by atoms with Crippen molar-refractivity contribution in [1.82, 2.24) is 5.32 Å². The van der Waals surface area contributed by atoms with Crippen molar-refractivity contribution >= 4 is 0 Å². The molecule has 1 saturated heterocycles. The van der Waals surface area contributed by atoms with Crippen LogP contribution in [0.3, 0.4) is 0 Å². The van der Waals surface area contributed by atoms with Gasteiger partial charge in [-0.15, -0.1) is 0 Å². The smallest absolute Gasteiger partial charge is 0.0814 e. The van der Waals surface area contributed by atoms with Crippen LogP contribution >= 0.6 is 0 Å². The lowest BCUT2D eigenvalue weighted by Gasteiger charge is -2.52. The average molecular weight is 279 g/mol. The molecule has 0 aromatic carbocycles. The molecule has 2 heteroatoms. The van der Waals surface area contributed by atoms with E-state index in [0.29, 0.717) is 5.41 Å².